The fraction of sp³-hybridized carbons (Fsp3) is 0.562. The molecule has 0 amide bonds. The maximum Gasteiger partial charge on any atom is 0.194 e. The van der Waals surface area contributed by atoms with E-state index in [1.54, 1.807) is 0 Å². The first-order chi connectivity index (χ1) is 9.15. The lowest BCUT2D eigenvalue weighted by atomic mass is 9.96. The Morgan fingerprint density at radius 3 is 2.68 bits per heavy atom. The Hall–Kier alpha value is -1.51. The number of guanidine groups is 1. The van der Waals surface area contributed by atoms with Crippen LogP contribution >= 0.6 is 0 Å². The molecular formula is C16H23N3. The van der Waals surface area contributed by atoms with Gasteiger partial charge in [-0.1, -0.05) is 38.1 Å². The number of hydrogen-bond acceptors (Lipinski definition) is 3. The molecule has 0 aliphatic carbocycles. The Labute approximate surface area is 115 Å². The van der Waals surface area contributed by atoms with Crippen molar-refractivity contribution < 1.29 is 0 Å². The first-order valence-electron chi connectivity index (χ1n) is 7.32. The molecule has 0 spiro atoms. The summed E-state index contributed by atoms with van der Waals surface area (Å²) in [7, 11) is 0. The van der Waals surface area contributed by atoms with Crippen molar-refractivity contribution in [3.63, 3.8) is 0 Å². The minimum absolute atomic E-state index is 0.492. The largest absolute Gasteiger partial charge is 0.352 e. The minimum Gasteiger partial charge on any atom is -0.352 e. The first-order valence-corrected chi connectivity index (χ1v) is 7.32. The molecule has 1 aromatic rings. The van der Waals surface area contributed by atoms with Gasteiger partial charge in [0.05, 0.1) is 6.04 Å². The van der Waals surface area contributed by atoms with Crippen LogP contribution in [-0.2, 0) is 0 Å². The second-order valence-electron chi connectivity index (χ2n) is 6.03. The van der Waals surface area contributed by atoms with Crippen LogP contribution in [-0.4, -0.2) is 30.0 Å². The summed E-state index contributed by atoms with van der Waals surface area (Å²) < 4.78 is 0. The quantitative estimate of drug-likeness (QED) is 0.882. The molecule has 0 radical (unpaired) electrons. The fourth-order valence-corrected chi connectivity index (χ4v) is 3.04. The molecule has 0 saturated carbocycles. The van der Waals surface area contributed by atoms with Crippen molar-refractivity contribution in [2.45, 2.75) is 45.2 Å². The first kappa shape index (κ1) is 12.5. The number of nitrogens with zero attached hydrogens (tertiary/aromatic N) is 2. The van der Waals surface area contributed by atoms with Gasteiger partial charge in [0, 0.05) is 19.1 Å². The second kappa shape index (κ2) is 4.87. The summed E-state index contributed by atoms with van der Waals surface area (Å²) in [5, 5.41) is 3.46. The van der Waals surface area contributed by atoms with Gasteiger partial charge in [0.1, 0.15) is 0 Å². The van der Waals surface area contributed by atoms with E-state index in [1.165, 1.54) is 11.1 Å². The Kier molecular flexibility index (Phi) is 3.21. The van der Waals surface area contributed by atoms with Crippen LogP contribution in [0, 0.1) is 0 Å². The number of rotatable bonds is 2. The molecule has 2 aliphatic rings. The maximum atomic E-state index is 4.59. The van der Waals surface area contributed by atoms with Crippen LogP contribution in [0.3, 0.4) is 0 Å². The van der Waals surface area contributed by atoms with Gasteiger partial charge in [-0.3, -0.25) is 4.99 Å². The van der Waals surface area contributed by atoms with Gasteiger partial charge >= 0.3 is 0 Å². The van der Waals surface area contributed by atoms with Crippen LogP contribution in [0.5, 0.6) is 0 Å². The van der Waals surface area contributed by atoms with Crippen LogP contribution in [0.15, 0.2) is 29.3 Å². The molecule has 2 unspecified atom stereocenters. The monoisotopic (exact) mass is 257 g/mol. The smallest absolute Gasteiger partial charge is 0.194 e. The normalized spacial score (nSPS) is 26.1. The average molecular weight is 257 g/mol. The Morgan fingerprint density at radius 2 is 2.00 bits per heavy atom. The molecule has 1 fully saturated rings. The Morgan fingerprint density at radius 1 is 1.26 bits per heavy atom. The van der Waals surface area contributed by atoms with Gasteiger partial charge in [-0.25, -0.2) is 0 Å². The molecule has 3 nitrogen and oxygen atoms in total. The van der Waals surface area contributed by atoms with Crippen LogP contribution < -0.4 is 5.32 Å². The lowest BCUT2D eigenvalue weighted by Gasteiger charge is -2.32. The molecule has 1 saturated heterocycles. The molecule has 3 heteroatoms. The summed E-state index contributed by atoms with van der Waals surface area (Å²) in [6.07, 6.45) is 1.12. The molecule has 2 heterocycles. The van der Waals surface area contributed by atoms with Crippen LogP contribution in [0.25, 0.3) is 0 Å². The Bertz CT molecular complexity index is 475. The van der Waals surface area contributed by atoms with E-state index < -0.39 is 0 Å². The maximum absolute atomic E-state index is 4.59. The molecule has 2 aliphatic heterocycles. The third-order valence-electron chi connectivity index (χ3n) is 4.15. The second-order valence-corrected chi connectivity index (χ2v) is 6.03. The number of benzene rings is 1. The van der Waals surface area contributed by atoms with E-state index in [0.717, 1.165) is 25.5 Å². The standard InChI is InChI=1S/C16H23N3/c1-11(2)13-4-6-14(7-5-13)15-8-9-17-16-18-12(3)10-19(15)16/h4-7,11-12,15H,8-10H2,1-3H3,(H,17,18). The predicted molar refractivity (Wildman–Crippen MR) is 79.5 cm³/mol. The molecule has 1 aromatic carbocycles. The lowest BCUT2D eigenvalue weighted by Crippen LogP contribution is -2.37. The zero-order valence-electron chi connectivity index (χ0n) is 12.1. The van der Waals surface area contributed by atoms with E-state index in [1.807, 2.05) is 0 Å². The van der Waals surface area contributed by atoms with Gasteiger partial charge in [-0.05, 0) is 30.4 Å². The third kappa shape index (κ3) is 2.34. The predicted octanol–water partition coefficient (Wildman–Crippen LogP) is 2.90. The van der Waals surface area contributed by atoms with Crippen molar-refractivity contribution in [2.24, 2.45) is 4.99 Å². The summed E-state index contributed by atoms with van der Waals surface area (Å²) in [5.74, 6) is 1.70. The average Bonchev–Trinajstić information content (AvgIpc) is 2.78. The van der Waals surface area contributed by atoms with Gasteiger partial charge in [0.25, 0.3) is 0 Å². The number of hydrogen-bond donors (Lipinski definition) is 1. The third-order valence-corrected chi connectivity index (χ3v) is 4.15. The minimum atomic E-state index is 0.492. The molecule has 102 valence electrons. The van der Waals surface area contributed by atoms with Gasteiger partial charge in [0.2, 0.25) is 0 Å². The number of aliphatic imine (C=N–C) groups is 1. The van der Waals surface area contributed by atoms with Crippen molar-refractivity contribution in [3.8, 4) is 0 Å². The zero-order chi connectivity index (χ0) is 13.4. The number of fused-ring (bicyclic) bond motifs is 1. The van der Waals surface area contributed by atoms with Crippen molar-refractivity contribution in [1.82, 2.24) is 10.2 Å². The van der Waals surface area contributed by atoms with Gasteiger partial charge < -0.3 is 10.2 Å². The Balaban J connectivity index is 1.84. The van der Waals surface area contributed by atoms with Crippen molar-refractivity contribution in [2.75, 3.05) is 13.1 Å². The summed E-state index contributed by atoms with van der Waals surface area (Å²) in [6.45, 7) is 8.70. The highest BCUT2D eigenvalue weighted by atomic mass is 15.4. The summed E-state index contributed by atoms with van der Waals surface area (Å²) >= 11 is 0. The van der Waals surface area contributed by atoms with Gasteiger partial charge in [0.15, 0.2) is 5.96 Å². The zero-order valence-corrected chi connectivity index (χ0v) is 12.1. The topological polar surface area (TPSA) is 27.6 Å². The van der Waals surface area contributed by atoms with E-state index in [4.69, 9.17) is 0 Å². The molecule has 2 atom stereocenters. The summed E-state index contributed by atoms with van der Waals surface area (Å²) in [6, 6.07) is 10.1. The molecule has 0 aromatic heterocycles. The molecule has 3 rings (SSSR count). The van der Waals surface area contributed by atoms with E-state index in [0.29, 0.717) is 18.0 Å². The van der Waals surface area contributed by atoms with Crippen molar-refractivity contribution >= 4 is 5.96 Å². The summed E-state index contributed by atoms with van der Waals surface area (Å²) in [4.78, 5) is 7.02. The highest BCUT2D eigenvalue weighted by Crippen LogP contribution is 2.30. The molecular weight excluding hydrogens is 234 g/mol. The summed E-state index contributed by atoms with van der Waals surface area (Å²) in [5.41, 5.74) is 2.84. The van der Waals surface area contributed by atoms with Crippen molar-refractivity contribution in [3.05, 3.63) is 35.4 Å². The van der Waals surface area contributed by atoms with Crippen LogP contribution in [0.1, 0.15) is 50.3 Å². The van der Waals surface area contributed by atoms with E-state index >= 15 is 0 Å². The van der Waals surface area contributed by atoms with E-state index in [-0.39, 0.29) is 0 Å². The van der Waals surface area contributed by atoms with Crippen molar-refractivity contribution in [1.29, 1.82) is 0 Å². The highest BCUT2D eigenvalue weighted by Gasteiger charge is 2.33. The SMILES string of the molecule is CC1CN2C(=NCCC2c2ccc(C(C)C)cc2)N1. The molecule has 0 bridgehead atoms. The van der Waals surface area contributed by atoms with Gasteiger partial charge in [-0.2, -0.15) is 0 Å². The van der Waals surface area contributed by atoms with Crippen LogP contribution in [0.4, 0.5) is 0 Å². The van der Waals surface area contributed by atoms with Gasteiger partial charge in [-0.15, -0.1) is 0 Å². The lowest BCUT2D eigenvalue weighted by molar-refractivity contribution is 0.305. The highest BCUT2D eigenvalue weighted by molar-refractivity contribution is 5.83. The fourth-order valence-electron chi connectivity index (χ4n) is 3.04. The number of nitrogens with one attached hydrogen (secondary N) is 1. The van der Waals surface area contributed by atoms with E-state index in [2.05, 4.69) is 60.2 Å². The molecule has 1 N–H and O–H groups in total. The molecule has 19 heavy (non-hydrogen) atoms. The van der Waals surface area contributed by atoms with Crippen LogP contribution in [0.2, 0.25) is 0 Å². The van der Waals surface area contributed by atoms with E-state index in [9.17, 15) is 0 Å².